The first-order valence-electron chi connectivity index (χ1n) is 40.8. The van der Waals surface area contributed by atoms with Crippen LogP contribution in [0.25, 0.3) is 0 Å². The number of phosphoric acid groups is 2. The Hall–Kier alpha value is -1.94. The van der Waals surface area contributed by atoms with Gasteiger partial charge in [0.2, 0.25) is 0 Å². The molecule has 0 bridgehead atoms. The van der Waals surface area contributed by atoms with Gasteiger partial charge in [-0.15, -0.1) is 0 Å². The van der Waals surface area contributed by atoms with Crippen LogP contribution in [-0.2, 0) is 65.4 Å². The van der Waals surface area contributed by atoms with Crippen molar-refractivity contribution in [2.45, 2.75) is 420 Å². The largest absolute Gasteiger partial charge is 0.472 e. The first-order valence-corrected chi connectivity index (χ1v) is 43.8. The van der Waals surface area contributed by atoms with Gasteiger partial charge < -0.3 is 33.8 Å². The maximum absolute atomic E-state index is 13.1. The molecule has 4 unspecified atom stereocenters. The molecule has 0 aromatic heterocycles. The summed E-state index contributed by atoms with van der Waals surface area (Å²) in [6.07, 6.45) is 54.1. The van der Waals surface area contributed by atoms with E-state index in [1.165, 1.54) is 199 Å². The molecular weight excluding hydrogens is 1280 g/mol. The normalized spacial score (nSPS) is 14.6. The van der Waals surface area contributed by atoms with E-state index in [1.54, 1.807) is 0 Å². The van der Waals surface area contributed by atoms with Crippen LogP contribution in [0.2, 0.25) is 0 Å². The fraction of sp³-hybridized carbons (Fsp3) is 0.949. The second-order valence-electron chi connectivity index (χ2n) is 29.9. The van der Waals surface area contributed by atoms with Crippen LogP contribution in [0.1, 0.15) is 402 Å². The third kappa shape index (κ3) is 69.8. The van der Waals surface area contributed by atoms with Gasteiger partial charge in [0.05, 0.1) is 26.4 Å². The summed E-state index contributed by atoms with van der Waals surface area (Å²) in [7, 11) is -9.92. The molecule has 0 fully saturated rings. The number of esters is 4. The highest BCUT2D eigenvalue weighted by Crippen LogP contribution is 2.45. The summed E-state index contributed by atoms with van der Waals surface area (Å²) >= 11 is 0. The molecule has 0 saturated heterocycles. The Balaban J connectivity index is 5.22. The van der Waals surface area contributed by atoms with Gasteiger partial charge in [0.15, 0.2) is 12.2 Å². The van der Waals surface area contributed by atoms with Crippen LogP contribution in [-0.4, -0.2) is 96.7 Å². The van der Waals surface area contributed by atoms with Gasteiger partial charge in [0, 0.05) is 25.7 Å². The minimum atomic E-state index is -4.96. The second kappa shape index (κ2) is 68.2. The van der Waals surface area contributed by atoms with Crippen molar-refractivity contribution in [3.63, 3.8) is 0 Å². The number of ether oxygens (including phenoxy) is 4. The minimum Gasteiger partial charge on any atom is -0.462 e. The zero-order chi connectivity index (χ0) is 72.4. The highest BCUT2D eigenvalue weighted by molar-refractivity contribution is 7.47. The molecule has 0 aliphatic heterocycles. The van der Waals surface area contributed by atoms with E-state index in [0.717, 1.165) is 120 Å². The molecule has 0 aliphatic rings. The first kappa shape index (κ1) is 96.1. The fourth-order valence-electron chi connectivity index (χ4n) is 12.0. The van der Waals surface area contributed by atoms with Crippen molar-refractivity contribution < 1.29 is 80.2 Å². The number of rotatable bonds is 76. The summed E-state index contributed by atoms with van der Waals surface area (Å²) in [5, 5.41) is 10.6. The number of hydrogen-bond acceptors (Lipinski definition) is 15. The third-order valence-electron chi connectivity index (χ3n) is 19.0. The Bertz CT molecular complexity index is 1920. The molecule has 3 N–H and O–H groups in total. The van der Waals surface area contributed by atoms with Crippen LogP contribution < -0.4 is 0 Å². The van der Waals surface area contributed by atoms with E-state index >= 15 is 0 Å². The topological polar surface area (TPSA) is 237 Å². The number of aliphatic hydroxyl groups is 1. The molecule has 0 saturated carbocycles. The Kier molecular flexibility index (Phi) is 66.8. The zero-order valence-corrected chi connectivity index (χ0v) is 66.2. The molecule has 0 spiro atoms. The van der Waals surface area contributed by atoms with Crippen molar-refractivity contribution in [1.29, 1.82) is 0 Å². The van der Waals surface area contributed by atoms with Gasteiger partial charge in [-0.3, -0.25) is 37.3 Å². The molecule has 0 aromatic carbocycles. The molecular formula is C79H154O17P2. The lowest BCUT2D eigenvalue weighted by molar-refractivity contribution is -0.161. The summed E-state index contributed by atoms with van der Waals surface area (Å²) in [5.41, 5.74) is 0. The molecule has 98 heavy (non-hydrogen) atoms. The smallest absolute Gasteiger partial charge is 0.462 e. The van der Waals surface area contributed by atoms with Crippen LogP contribution >= 0.6 is 15.6 Å². The highest BCUT2D eigenvalue weighted by Gasteiger charge is 2.30. The van der Waals surface area contributed by atoms with E-state index in [4.69, 9.17) is 37.0 Å². The van der Waals surface area contributed by atoms with E-state index in [-0.39, 0.29) is 25.7 Å². The summed E-state index contributed by atoms with van der Waals surface area (Å²) < 4.78 is 68.6. The molecule has 0 heterocycles. The Labute approximate surface area is 600 Å². The number of hydrogen-bond donors (Lipinski definition) is 3. The van der Waals surface area contributed by atoms with Crippen molar-refractivity contribution >= 4 is 39.5 Å². The van der Waals surface area contributed by atoms with Crippen molar-refractivity contribution in [3.05, 3.63) is 0 Å². The quantitative estimate of drug-likeness (QED) is 0.0222. The standard InChI is InChI=1S/C79H154O17P2/c1-9-71(7)57-49-41-33-27-22-24-30-36-46-54-62-79(84)96-75(66-90-77(82)60-52-44-38-37-42-50-58-72(8)10-2)68-94-98(87,88)92-64-73(80)63-91-97(85,86)93-67-74(65-89-76(81)59-51-43-34-28-23-21-26-32-40-48-56-70(5)6)95-78(83)61-53-45-35-29-20-18-16-14-12-11-13-15-17-19-25-31-39-47-55-69(3)4/h69-75,80H,9-68H2,1-8H3,(H,85,86)(H,87,88)/t71?,72?,73-,74-,75-/m1/s1. The maximum Gasteiger partial charge on any atom is 0.472 e. The summed E-state index contributed by atoms with van der Waals surface area (Å²) in [4.78, 5) is 72.9. The van der Waals surface area contributed by atoms with Gasteiger partial charge in [-0.25, -0.2) is 9.13 Å². The van der Waals surface area contributed by atoms with Crippen LogP contribution in [0.3, 0.4) is 0 Å². The molecule has 19 heteroatoms. The van der Waals surface area contributed by atoms with E-state index in [0.29, 0.717) is 25.7 Å². The monoisotopic (exact) mass is 1440 g/mol. The van der Waals surface area contributed by atoms with E-state index in [9.17, 15) is 43.2 Å². The number of carbonyl (C=O) groups excluding carboxylic acids is 4. The van der Waals surface area contributed by atoms with Crippen molar-refractivity contribution in [1.82, 2.24) is 0 Å². The molecule has 0 aliphatic carbocycles. The van der Waals surface area contributed by atoms with Gasteiger partial charge in [-0.05, 0) is 49.4 Å². The molecule has 0 aromatic rings. The predicted molar refractivity (Wildman–Crippen MR) is 400 cm³/mol. The number of carbonyl (C=O) groups is 4. The predicted octanol–water partition coefficient (Wildman–Crippen LogP) is 23.2. The van der Waals surface area contributed by atoms with Crippen LogP contribution in [0.5, 0.6) is 0 Å². The third-order valence-corrected chi connectivity index (χ3v) is 20.9. The Morgan fingerprint density at radius 2 is 0.490 bits per heavy atom. The lowest BCUT2D eigenvalue weighted by Crippen LogP contribution is -2.30. The van der Waals surface area contributed by atoms with Gasteiger partial charge in [-0.1, -0.05) is 351 Å². The average Bonchev–Trinajstić information content (AvgIpc) is 0.938. The average molecular weight is 1440 g/mol. The van der Waals surface area contributed by atoms with E-state index in [2.05, 4.69) is 55.4 Å². The first-order chi connectivity index (χ1) is 47.2. The van der Waals surface area contributed by atoms with Gasteiger partial charge in [0.25, 0.3) is 0 Å². The number of aliphatic hydroxyl groups excluding tert-OH is 1. The molecule has 7 atom stereocenters. The zero-order valence-electron chi connectivity index (χ0n) is 64.4. The molecule has 0 amide bonds. The van der Waals surface area contributed by atoms with Crippen LogP contribution in [0, 0.1) is 23.7 Å². The summed E-state index contributed by atoms with van der Waals surface area (Å²) in [6, 6.07) is 0. The second-order valence-corrected chi connectivity index (χ2v) is 32.8. The van der Waals surface area contributed by atoms with E-state index in [1.807, 2.05) is 0 Å². The van der Waals surface area contributed by atoms with Gasteiger partial charge in [0.1, 0.15) is 19.3 Å². The lowest BCUT2D eigenvalue weighted by Gasteiger charge is -2.21. The minimum absolute atomic E-state index is 0.105. The fourth-order valence-corrected chi connectivity index (χ4v) is 13.6. The Morgan fingerprint density at radius 3 is 0.724 bits per heavy atom. The van der Waals surface area contributed by atoms with Crippen LogP contribution in [0.15, 0.2) is 0 Å². The summed E-state index contributed by atoms with van der Waals surface area (Å²) in [6.45, 7) is 14.2. The van der Waals surface area contributed by atoms with Crippen molar-refractivity contribution in [2.75, 3.05) is 39.6 Å². The van der Waals surface area contributed by atoms with Gasteiger partial charge >= 0.3 is 39.5 Å². The summed E-state index contributed by atoms with van der Waals surface area (Å²) in [5.74, 6) is 0.994. The Morgan fingerprint density at radius 1 is 0.286 bits per heavy atom. The van der Waals surface area contributed by atoms with Crippen molar-refractivity contribution in [2.24, 2.45) is 23.7 Å². The lowest BCUT2D eigenvalue weighted by atomic mass is 9.99. The van der Waals surface area contributed by atoms with Gasteiger partial charge in [-0.2, -0.15) is 0 Å². The molecule has 582 valence electrons. The molecule has 0 radical (unpaired) electrons. The number of phosphoric ester groups is 2. The maximum atomic E-state index is 13.1. The highest BCUT2D eigenvalue weighted by atomic mass is 31.2. The molecule has 17 nitrogen and oxygen atoms in total. The SMILES string of the molecule is CCC(C)CCCCCCCCCCCCC(=O)O[C@H](COC(=O)CCCCCCCCC(C)CC)COP(=O)(O)OC[C@H](O)COP(=O)(O)OC[C@@H](COC(=O)CCCCCCCCCCCCC(C)C)OC(=O)CCCCCCCCCCCCCCCCCCCCC(C)C. The number of unbranched alkanes of at least 4 members (excludes halogenated alkanes) is 40. The van der Waals surface area contributed by atoms with E-state index < -0.39 is 97.5 Å². The molecule has 0 rings (SSSR count). The van der Waals surface area contributed by atoms with Crippen molar-refractivity contribution in [3.8, 4) is 0 Å². The van der Waals surface area contributed by atoms with Crippen LogP contribution in [0.4, 0.5) is 0 Å².